The molecule has 32 heavy (non-hydrogen) atoms. The monoisotopic (exact) mass is 448 g/mol. The molecule has 3 N–H and O–H groups in total. The van der Waals surface area contributed by atoms with E-state index in [0.29, 0.717) is 26.2 Å². The van der Waals surface area contributed by atoms with Crippen LogP contribution in [-0.2, 0) is 20.9 Å². The molecule has 0 spiro atoms. The number of carbonyl (C=O) groups excluding carboxylic acids is 3. The zero-order valence-electron chi connectivity index (χ0n) is 19.5. The van der Waals surface area contributed by atoms with Crippen molar-refractivity contribution in [2.24, 2.45) is 5.92 Å². The molecule has 0 bridgehead atoms. The van der Waals surface area contributed by atoms with Crippen molar-refractivity contribution in [3.05, 3.63) is 29.8 Å². The fourth-order valence-electron chi connectivity index (χ4n) is 3.42. The molecule has 2 rings (SSSR count). The van der Waals surface area contributed by atoms with Gasteiger partial charge in [-0.25, -0.2) is 4.79 Å². The average molecular weight is 449 g/mol. The van der Waals surface area contributed by atoms with Gasteiger partial charge < -0.3 is 25.4 Å². The number of carbonyl (C=O) groups is 3. The van der Waals surface area contributed by atoms with Crippen molar-refractivity contribution in [1.82, 2.24) is 20.9 Å². The van der Waals surface area contributed by atoms with Gasteiger partial charge in [0.05, 0.1) is 19.6 Å². The predicted molar refractivity (Wildman–Crippen MR) is 121 cm³/mol. The summed E-state index contributed by atoms with van der Waals surface area (Å²) in [6.07, 6.45) is 1.14. The Labute approximate surface area is 190 Å². The van der Waals surface area contributed by atoms with Gasteiger partial charge in [-0.2, -0.15) is 0 Å². The highest BCUT2D eigenvalue weighted by Crippen LogP contribution is 2.16. The molecule has 9 heteroatoms. The summed E-state index contributed by atoms with van der Waals surface area (Å²) < 4.78 is 10.3. The molecular weight excluding hydrogens is 412 g/mol. The lowest BCUT2D eigenvalue weighted by Crippen LogP contribution is -2.47. The second-order valence-corrected chi connectivity index (χ2v) is 8.92. The summed E-state index contributed by atoms with van der Waals surface area (Å²) in [5, 5.41) is 8.40. The van der Waals surface area contributed by atoms with E-state index >= 15 is 0 Å². The Balaban J connectivity index is 1.66. The summed E-state index contributed by atoms with van der Waals surface area (Å²) in [6.45, 7) is 8.06. The van der Waals surface area contributed by atoms with Gasteiger partial charge in [-0.05, 0) is 57.9 Å². The average Bonchev–Trinajstić information content (AvgIpc) is 2.74. The highest BCUT2D eigenvalue weighted by atomic mass is 16.6. The van der Waals surface area contributed by atoms with Gasteiger partial charge in [-0.15, -0.1) is 0 Å². The highest BCUT2D eigenvalue weighted by Gasteiger charge is 2.26. The molecule has 0 aliphatic carbocycles. The normalized spacial score (nSPS) is 16.7. The summed E-state index contributed by atoms with van der Waals surface area (Å²) >= 11 is 0. The molecule has 1 heterocycles. The summed E-state index contributed by atoms with van der Waals surface area (Å²) in [7, 11) is 1.61. The van der Waals surface area contributed by atoms with Crippen molar-refractivity contribution in [1.29, 1.82) is 0 Å². The summed E-state index contributed by atoms with van der Waals surface area (Å²) in [6, 6.07) is 7.55. The minimum Gasteiger partial charge on any atom is -0.497 e. The van der Waals surface area contributed by atoms with E-state index in [0.717, 1.165) is 30.7 Å². The summed E-state index contributed by atoms with van der Waals surface area (Å²) in [4.78, 5) is 38.4. The minimum absolute atomic E-state index is 0.0562. The number of likely N-dealkylation sites (tertiary alicyclic amines) is 1. The molecule has 1 aliphatic heterocycles. The van der Waals surface area contributed by atoms with Crippen LogP contribution in [0.5, 0.6) is 5.75 Å². The van der Waals surface area contributed by atoms with Crippen molar-refractivity contribution in [3.8, 4) is 5.75 Å². The first-order valence-corrected chi connectivity index (χ1v) is 11.0. The third-order valence-corrected chi connectivity index (χ3v) is 4.98. The van der Waals surface area contributed by atoms with Crippen LogP contribution in [-0.4, -0.2) is 68.2 Å². The van der Waals surface area contributed by atoms with Crippen molar-refractivity contribution in [2.75, 3.05) is 39.8 Å². The lowest BCUT2D eigenvalue weighted by molar-refractivity contribution is -0.129. The SMILES string of the molecule is COc1ccc(CNC(=O)CN2CCCC(C(=O)NCCNC(=O)OC(C)(C)C)C2)cc1. The number of hydrogen-bond acceptors (Lipinski definition) is 6. The predicted octanol–water partition coefficient (Wildman–Crippen LogP) is 1.66. The third kappa shape index (κ3) is 9.55. The van der Waals surface area contributed by atoms with Crippen LogP contribution >= 0.6 is 0 Å². The first-order valence-electron chi connectivity index (χ1n) is 11.0. The molecule has 178 valence electrons. The lowest BCUT2D eigenvalue weighted by atomic mass is 9.97. The second-order valence-electron chi connectivity index (χ2n) is 8.92. The van der Waals surface area contributed by atoms with Crippen LogP contribution in [0.15, 0.2) is 24.3 Å². The molecule has 0 radical (unpaired) electrons. The lowest BCUT2D eigenvalue weighted by Gasteiger charge is -2.31. The molecule has 9 nitrogen and oxygen atoms in total. The van der Waals surface area contributed by atoms with E-state index in [1.54, 1.807) is 27.9 Å². The maximum Gasteiger partial charge on any atom is 0.407 e. The Morgan fingerprint density at radius 2 is 1.75 bits per heavy atom. The number of alkyl carbamates (subject to hydrolysis) is 1. The van der Waals surface area contributed by atoms with Gasteiger partial charge in [-0.3, -0.25) is 14.5 Å². The maximum absolute atomic E-state index is 12.5. The molecule has 1 aromatic rings. The fourth-order valence-corrected chi connectivity index (χ4v) is 3.42. The largest absolute Gasteiger partial charge is 0.497 e. The van der Waals surface area contributed by atoms with Crippen LogP contribution in [0.1, 0.15) is 39.2 Å². The van der Waals surface area contributed by atoms with Crippen molar-refractivity contribution in [2.45, 2.75) is 45.8 Å². The zero-order valence-corrected chi connectivity index (χ0v) is 19.5. The number of nitrogens with one attached hydrogen (secondary N) is 3. The standard InChI is InChI=1S/C23H36N4O5/c1-23(2,3)32-22(30)25-12-11-24-21(29)18-6-5-13-27(15-18)16-20(28)26-14-17-7-9-19(31-4)10-8-17/h7-10,18H,5-6,11-16H2,1-4H3,(H,24,29)(H,25,30)(H,26,28). The second kappa shape index (κ2) is 12.3. The number of methoxy groups -OCH3 is 1. The van der Waals surface area contributed by atoms with Crippen LogP contribution in [0.4, 0.5) is 4.79 Å². The Morgan fingerprint density at radius 1 is 1.06 bits per heavy atom. The van der Waals surface area contributed by atoms with E-state index in [1.807, 2.05) is 29.2 Å². The molecule has 1 atom stereocenters. The van der Waals surface area contributed by atoms with Crippen LogP contribution in [0.3, 0.4) is 0 Å². The molecular formula is C23H36N4O5. The molecule has 1 aromatic carbocycles. The van der Waals surface area contributed by atoms with E-state index in [-0.39, 0.29) is 24.3 Å². The Morgan fingerprint density at radius 3 is 2.41 bits per heavy atom. The van der Waals surface area contributed by atoms with Crippen molar-refractivity contribution >= 4 is 17.9 Å². The molecule has 0 aromatic heterocycles. The molecule has 1 fully saturated rings. The Hall–Kier alpha value is -2.81. The molecule has 1 unspecified atom stereocenters. The van der Waals surface area contributed by atoms with E-state index in [1.165, 1.54) is 0 Å². The number of hydrogen-bond donors (Lipinski definition) is 3. The minimum atomic E-state index is -0.556. The number of ether oxygens (including phenoxy) is 2. The van der Waals surface area contributed by atoms with Crippen LogP contribution in [0.2, 0.25) is 0 Å². The first kappa shape index (κ1) is 25.5. The first-order chi connectivity index (χ1) is 15.2. The Bertz CT molecular complexity index is 761. The Kier molecular flexibility index (Phi) is 9.77. The maximum atomic E-state index is 12.5. The number of rotatable bonds is 9. The van der Waals surface area contributed by atoms with Gasteiger partial charge in [0.15, 0.2) is 0 Å². The summed E-state index contributed by atoms with van der Waals surface area (Å²) in [5.74, 6) is 0.487. The third-order valence-electron chi connectivity index (χ3n) is 4.98. The number of benzene rings is 1. The molecule has 3 amide bonds. The fraction of sp³-hybridized carbons (Fsp3) is 0.609. The van der Waals surface area contributed by atoms with Crippen LogP contribution in [0.25, 0.3) is 0 Å². The molecule has 0 saturated carbocycles. The smallest absolute Gasteiger partial charge is 0.407 e. The van der Waals surface area contributed by atoms with Crippen LogP contribution in [0, 0.1) is 5.92 Å². The quantitative estimate of drug-likeness (QED) is 0.496. The van der Waals surface area contributed by atoms with Gasteiger partial charge in [0.25, 0.3) is 0 Å². The highest BCUT2D eigenvalue weighted by molar-refractivity contribution is 5.80. The van der Waals surface area contributed by atoms with E-state index < -0.39 is 11.7 Å². The van der Waals surface area contributed by atoms with Crippen molar-refractivity contribution in [3.63, 3.8) is 0 Å². The van der Waals surface area contributed by atoms with Gasteiger partial charge in [0.1, 0.15) is 11.4 Å². The van der Waals surface area contributed by atoms with Crippen LogP contribution < -0.4 is 20.7 Å². The summed E-state index contributed by atoms with van der Waals surface area (Å²) in [5.41, 5.74) is 0.440. The number of nitrogens with zero attached hydrogens (tertiary/aromatic N) is 1. The van der Waals surface area contributed by atoms with Gasteiger partial charge in [0, 0.05) is 26.2 Å². The number of amides is 3. The van der Waals surface area contributed by atoms with E-state index in [9.17, 15) is 14.4 Å². The van der Waals surface area contributed by atoms with Gasteiger partial charge in [-0.1, -0.05) is 12.1 Å². The molecule has 1 saturated heterocycles. The van der Waals surface area contributed by atoms with Gasteiger partial charge in [0.2, 0.25) is 11.8 Å². The van der Waals surface area contributed by atoms with Gasteiger partial charge >= 0.3 is 6.09 Å². The van der Waals surface area contributed by atoms with E-state index in [2.05, 4.69) is 16.0 Å². The number of piperidine rings is 1. The molecule has 1 aliphatic rings. The van der Waals surface area contributed by atoms with E-state index in [4.69, 9.17) is 9.47 Å². The van der Waals surface area contributed by atoms with Crippen molar-refractivity contribution < 1.29 is 23.9 Å². The zero-order chi connectivity index (χ0) is 23.6. The topological polar surface area (TPSA) is 109 Å².